The van der Waals surface area contributed by atoms with Gasteiger partial charge in [0.25, 0.3) is 0 Å². The van der Waals surface area contributed by atoms with Gasteiger partial charge in [-0.3, -0.25) is 14.7 Å². The fraction of sp³-hybridized carbons (Fsp3) is 0.615. The van der Waals surface area contributed by atoms with Crippen molar-refractivity contribution in [3.05, 3.63) is 11.3 Å². The molecule has 0 aliphatic carbocycles. The van der Waals surface area contributed by atoms with Crippen LogP contribution in [0.15, 0.2) is 0 Å². The minimum absolute atomic E-state index is 0.0265. The lowest BCUT2D eigenvalue weighted by atomic mass is 10.1. The first-order valence-electron chi connectivity index (χ1n) is 6.59. The predicted octanol–water partition coefficient (Wildman–Crippen LogP) is 1.30. The number of nitrogens with one attached hydrogen (secondary N) is 2. The van der Waals surface area contributed by atoms with Crippen LogP contribution in [0.3, 0.4) is 0 Å². The van der Waals surface area contributed by atoms with Crippen molar-refractivity contribution in [2.24, 2.45) is 5.92 Å². The number of carbonyl (C=O) groups is 2. The minimum Gasteiger partial charge on any atom is -0.338 e. The molecule has 2 rings (SSSR count). The molecule has 1 aliphatic heterocycles. The molecule has 2 N–H and O–H groups in total. The predicted molar refractivity (Wildman–Crippen MR) is 71.5 cm³/mol. The highest BCUT2D eigenvalue weighted by molar-refractivity contribution is 5.90. The summed E-state index contributed by atoms with van der Waals surface area (Å²) in [6.45, 7) is 6.76. The summed E-state index contributed by atoms with van der Waals surface area (Å²) in [4.78, 5) is 25.0. The summed E-state index contributed by atoms with van der Waals surface area (Å²) in [6, 6.07) is 0. The fourth-order valence-electron chi connectivity index (χ4n) is 2.22. The van der Waals surface area contributed by atoms with Gasteiger partial charge in [0.05, 0.1) is 12.2 Å². The SMILES string of the molecule is CC(=O)N1CCc2n[nH]c(NC(=O)CC(C)C)c2C1. The molecule has 1 aliphatic rings. The van der Waals surface area contributed by atoms with Gasteiger partial charge in [0.1, 0.15) is 5.82 Å². The molecule has 6 heteroatoms. The number of hydrogen-bond acceptors (Lipinski definition) is 3. The number of H-pyrrole nitrogens is 1. The molecule has 0 fully saturated rings. The Morgan fingerprint density at radius 1 is 1.47 bits per heavy atom. The first kappa shape index (κ1) is 13.6. The van der Waals surface area contributed by atoms with Crippen LogP contribution in [0, 0.1) is 5.92 Å². The van der Waals surface area contributed by atoms with Crippen molar-refractivity contribution in [2.75, 3.05) is 11.9 Å². The summed E-state index contributed by atoms with van der Waals surface area (Å²) >= 11 is 0. The van der Waals surface area contributed by atoms with E-state index in [0.29, 0.717) is 31.2 Å². The van der Waals surface area contributed by atoms with E-state index in [9.17, 15) is 9.59 Å². The third kappa shape index (κ3) is 3.13. The molecular formula is C13H20N4O2. The molecule has 0 unspecified atom stereocenters. The Bertz CT molecular complexity index is 493. The van der Waals surface area contributed by atoms with Gasteiger partial charge in [-0.2, -0.15) is 5.10 Å². The molecular weight excluding hydrogens is 244 g/mol. The lowest BCUT2D eigenvalue weighted by Crippen LogP contribution is -2.34. The number of amides is 2. The van der Waals surface area contributed by atoms with Crippen LogP contribution < -0.4 is 5.32 Å². The number of fused-ring (bicyclic) bond motifs is 1. The van der Waals surface area contributed by atoms with Crippen LogP contribution in [0.5, 0.6) is 0 Å². The maximum atomic E-state index is 11.8. The van der Waals surface area contributed by atoms with Crippen LogP contribution >= 0.6 is 0 Å². The largest absolute Gasteiger partial charge is 0.338 e. The number of anilines is 1. The Balaban J connectivity index is 2.10. The van der Waals surface area contributed by atoms with Crippen molar-refractivity contribution >= 4 is 17.6 Å². The number of carbonyl (C=O) groups excluding carboxylic acids is 2. The Labute approximate surface area is 112 Å². The third-order valence-electron chi connectivity index (χ3n) is 3.22. The van der Waals surface area contributed by atoms with Crippen molar-refractivity contribution in [3.8, 4) is 0 Å². The normalized spacial score (nSPS) is 14.4. The van der Waals surface area contributed by atoms with Crippen molar-refractivity contribution in [1.82, 2.24) is 15.1 Å². The number of hydrogen-bond donors (Lipinski definition) is 2. The van der Waals surface area contributed by atoms with E-state index in [0.717, 1.165) is 17.7 Å². The van der Waals surface area contributed by atoms with Gasteiger partial charge in [0.15, 0.2) is 0 Å². The molecule has 2 amide bonds. The zero-order valence-electron chi connectivity index (χ0n) is 11.6. The summed E-state index contributed by atoms with van der Waals surface area (Å²) in [5.74, 6) is 0.965. The number of aromatic amines is 1. The van der Waals surface area contributed by atoms with Gasteiger partial charge in [0.2, 0.25) is 11.8 Å². The number of nitrogens with zero attached hydrogens (tertiary/aromatic N) is 2. The van der Waals surface area contributed by atoms with E-state index in [-0.39, 0.29) is 11.8 Å². The maximum Gasteiger partial charge on any atom is 0.225 e. The molecule has 104 valence electrons. The van der Waals surface area contributed by atoms with Gasteiger partial charge in [-0.05, 0) is 5.92 Å². The molecule has 19 heavy (non-hydrogen) atoms. The molecule has 1 aromatic heterocycles. The van der Waals surface area contributed by atoms with Gasteiger partial charge in [-0.15, -0.1) is 0 Å². The fourth-order valence-corrected chi connectivity index (χ4v) is 2.22. The average Bonchev–Trinajstić information content (AvgIpc) is 2.70. The molecule has 1 aromatic rings. The second kappa shape index (κ2) is 5.42. The van der Waals surface area contributed by atoms with E-state index in [1.807, 2.05) is 13.8 Å². The Morgan fingerprint density at radius 2 is 2.21 bits per heavy atom. The Hall–Kier alpha value is -1.85. The molecule has 6 nitrogen and oxygen atoms in total. The first-order chi connectivity index (χ1) is 8.97. The number of aromatic nitrogens is 2. The highest BCUT2D eigenvalue weighted by Gasteiger charge is 2.24. The summed E-state index contributed by atoms with van der Waals surface area (Å²) < 4.78 is 0. The van der Waals surface area contributed by atoms with Crippen molar-refractivity contribution in [3.63, 3.8) is 0 Å². The van der Waals surface area contributed by atoms with Gasteiger partial charge >= 0.3 is 0 Å². The third-order valence-corrected chi connectivity index (χ3v) is 3.22. The van der Waals surface area contributed by atoms with Gasteiger partial charge in [-0.25, -0.2) is 0 Å². The van der Waals surface area contributed by atoms with Crippen LogP contribution in [0.25, 0.3) is 0 Å². The van der Waals surface area contributed by atoms with Crippen LogP contribution in [0.2, 0.25) is 0 Å². The van der Waals surface area contributed by atoms with E-state index >= 15 is 0 Å². The highest BCUT2D eigenvalue weighted by Crippen LogP contribution is 2.24. The smallest absolute Gasteiger partial charge is 0.225 e. The average molecular weight is 264 g/mol. The van der Waals surface area contributed by atoms with Crippen LogP contribution in [-0.2, 0) is 22.6 Å². The molecule has 0 spiro atoms. The zero-order chi connectivity index (χ0) is 14.0. The Kier molecular flexibility index (Phi) is 3.87. The first-order valence-corrected chi connectivity index (χ1v) is 6.59. The Morgan fingerprint density at radius 3 is 2.84 bits per heavy atom. The van der Waals surface area contributed by atoms with Crippen LogP contribution in [0.4, 0.5) is 5.82 Å². The molecule has 0 bridgehead atoms. The van der Waals surface area contributed by atoms with Crippen LogP contribution in [-0.4, -0.2) is 33.5 Å². The summed E-state index contributed by atoms with van der Waals surface area (Å²) in [6.07, 6.45) is 1.20. The van der Waals surface area contributed by atoms with E-state index in [1.165, 1.54) is 0 Å². The minimum atomic E-state index is -0.0265. The second-order valence-corrected chi connectivity index (χ2v) is 5.36. The molecule has 0 saturated heterocycles. The summed E-state index contributed by atoms with van der Waals surface area (Å²) in [7, 11) is 0. The zero-order valence-corrected chi connectivity index (χ0v) is 11.6. The quantitative estimate of drug-likeness (QED) is 0.863. The molecule has 0 aromatic carbocycles. The monoisotopic (exact) mass is 264 g/mol. The molecule has 0 atom stereocenters. The van der Waals surface area contributed by atoms with Gasteiger partial charge in [0, 0.05) is 31.9 Å². The van der Waals surface area contributed by atoms with E-state index in [4.69, 9.17) is 0 Å². The van der Waals surface area contributed by atoms with Crippen LogP contribution in [0.1, 0.15) is 38.4 Å². The van der Waals surface area contributed by atoms with Crippen molar-refractivity contribution in [2.45, 2.75) is 40.2 Å². The van der Waals surface area contributed by atoms with E-state index in [1.54, 1.807) is 11.8 Å². The maximum absolute atomic E-state index is 11.8. The number of rotatable bonds is 3. The van der Waals surface area contributed by atoms with Gasteiger partial charge in [-0.1, -0.05) is 13.8 Å². The van der Waals surface area contributed by atoms with Crippen molar-refractivity contribution in [1.29, 1.82) is 0 Å². The lowest BCUT2D eigenvalue weighted by molar-refractivity contribution is -0.129. The van der Waals surface area contributed by atoms with Crippen molar-refractivity contribution < 1.29 is 9.59 Å². The van der Waals surface area contributed by atoms with E-state index < -0.39 is 0 Å². The summed E-state index contributed by atoms with van der Waals surface area (Å²) in [5, 5.41) is 9.91. The lowest BCUT2D eigenvalue weighted by Gasteiger charge is -2.25. The highest BCUT2D eigenvalue weighted by atomic mass is 16.2. The topological polar surface area (TPSA) is 78.1 Å². The molecule has 2 heterocycles. The second-order valence-electron chi connectivity index (χ2n) is 5.36. The summed E-state index contributed by atoms with van der Waals surface area (Å²) in [5.41, 5.74) is 1.87. The standard InChI is InChI=1S/C13H20N4O2/c1-8(2)6-12(19)14-13-10-7-17(9(3)18)5-4-11(10)15-16-13/h8H,4-7H2,1-3H3,(H2,14,15,16,19). The molecule has 0 saturated carbocycles. The molecule has 0 radical (unpaired) electrons. The van der Waals surface area contributed by atoms with E-state index in [2.05, 4.69) is 15.5 Å². The van der Waals surface area contributed by atoms with Gasteiger partial charge < -0.3 is 10.2 Å².